The molecular weight excluding hydrogens is 448 g/mol. The zero-order valence-corrected chi connectivity index (χ0v) is 17.8. The summed E-state index contributed by atoms with van der Waals surface area (Å²) in [5.74, 6) is 0.787. The van der Waals surface area contributed by atoms with Crippen LogP contribution in [0.25, 0.3) is 11.5 Å². The molecule has 1 amide bonds. The van der Waals surface area contributed by atoms with Crippen LogP contribution in [0.15, 0.2) is 30.5 Å². The van der Waals surface area contributed by atoms with Crippen LogP contribution >= 0.6 is 23.2 Å². The van der Waals surface area contributed by atoms with Crippen LogP contribution in [0.2, 0.25) is 10.0 Å². The molecule has 3 aromatic rings. The Labute approximate surface area is 186 Å². The SMILES string of the molecule is COc1ccc(-c2nnc3n2CC2COCC3N2C(=O)c2ccc(F)c(Cl)c2Cl)nc1. The van der Waals surface area contributed by atoms with Crippen LogP contribution in [-0.4, -0.2) is 56.9 Å². The van der Waals surface area contributed by atoms with E-state index in [-0.39, 0.29) is 34.2 Å². The first-order chi connectivity index (χ1) is 15.0. The van der Waals surface area contributed by atoms with Crippen LogP contribution in [0.1, 0.15) is 22.2 Å². The highest BCUT2D eigenvalue weighted by Crippen LogP contribution is 2.37. The Balaban J connectivity index is 1.53. The normalized spacial score (nSPS) is 19.8. The fourth-order valence-corrected chi connectivity index (χ4v) is 4.38. The number of hydrogen-bond acceptors (Lipinski definition) is 6. The molecule has 0 spiro atoms. The predicted molar refractivity (Wildman–Crippen MR) is 110 cm³/mol. The summed E-state index contributed by atoms with van der Waals surface area (Å²) >= 11 is 12.1. The molecule has 2 unspecified atom stereocenters. The quantitative estimate of drug-likeness (QED) is 0.553. The van der Waals surface area contributed by atoms with E-state index in [9.17, 15) is 9.18 Å². The van der Waals surface area contributed by atoms with Crippen LogP contribution in [0.3, 0.4) is 0 Å². The average molecular weight is 464 g/mol. The molecule has 2 aliphatic heterocycles. The van der Waals surface area contributed by atoms with Gasteiger partial charge in [0.15, 0.2) is 11.6 Å². The number of nitrogens with zero attached hydrogens (tertiary/aromatic N) is 5. The van der Waals surface area contributed by atoms with Gasteiger partial charge in [-0.3, -0.25) is 4.79 Å². The molecule has 4 heterocycles. The molecule has 2 atom stereocenters. The van der Waals surface area contributed by atoms with Gasteiger partial charge in [0, 0.05) is 6.54 Å². The molecule has 11 heteroatoms. The van der Waals surface area contributed by atoms with Crippen molar-refractivity contribution in [2.24, 2.45) is 0 Å². The van der Waals surface area contributed by atoms with Gasteiger partial charge in [-0.25, -0.2) is 9.37 Å². The number of fused-ring (bicyclic) bond motifs is 4. The van der Waals surface area contributed by atoms with Crippen molar-refractivity contribution in [1.82, 2.24) is 24.6 Å². The number of methoxy groups -OCH3 is 1. The minimum atomic E-state index is -0.679. The summed E-state index contributed by atoms with van der Waals surface area (Å²) in [6.45, 7) is 1.00. The van der Waals surface area contributed by atoms with Crippen LogP contribution < -0.4 is 4.74 Å². The van der Waals surface area contributed by atoms with E-state index < -0.39 is 11.9 Å². The molecule has 0 radical (unpaired) electrons. The molecule has 31 heavy (non-hydrogen) atoms. The topological polar surface area (TPSA) is 82.4 Å². The monoisotopic (exact) mass is 463 g/mol. The molecule has 2 aliphatic rings. The fraction of sp³-hybridized carbons (Fsp3) is 0.300. The van der Waals surface area contributed by atoms with Gasteiger partial charge in [0.1, 0.15) is 23.3 Å². The lowest BCUT2D eigenvalue weighted by atomic mass is 10.0. The van der Waals surface area contributed by atoms with E-state index in [0.717, 1.165) is 6.07 Å². The van der Waals surface area contributed by atoms with Crippen LogP contribution in [0.5, 0.6) is 5.75 Å². The maximum atomic E-state index is 13.7. The predicted octanol–water partition coefficient (Wildman–Crippen LogP) is 3.39. The Morgan fingerprint density at radius 3 is 2.77 bits per heavy atom. The smallest absolute Gasteiger partial charge is 0.256 e. The summed E-state index contributed by atoms with van der Waals surface area (Å²) in [5.41, 5.74) is 0.779. The summed E-state index contributed by atoms with van der Waals surface area (Å²) in [5, 5.41) is 8.25. The van der Waals surface area contributed by atoms with Gasteiger partial charge in [0.25, 0.3) is 5.91 Å². The van der Waals surface area contributed by atoms with Gasteiger partial charge in [-0.15, -0.1) is 10.2 Å². The van der Waals surface area contributed by atoms with Crippen molar-refractivity contribution >= 4 is 29.1 Å². The number of hydrogen-bond donors (Lipinski definition) is 0. The maximum absolute atomic E-state index is 13.7. The van der Waals surface area contributed by atoms with Crippen molar-refractivity contribution in [2.45, 2.75) is 18.6 Å². The van der Waals surface area contributed by atoms with Crippen molar-refractivity contribution in [3.63, 3.8) is 0 Å². The Kier molecular flexibility index (Phi) is 5.04. The lowest BCUT2D eigenvalue weighted by Crippen LogP contribution is -2.56. The Bertz CT molecular complexity index is 1170. The second kappa shape index (κ2) is 7.74. The van der Waals surface area contributed by atoms with E-state index in [1.807, 2.05) is 4.57 Å². The van der Waals surface area contributed by atoms with Crippen LogP contribution in [-0.2, 0) is 11.3 Å². The molecule has 1 fully saturated rings. The van der Waals surface area contributed by atoms with E-state index in [1.165, 1.54) is 6.07 Å². The third-order valence-electron chi connectivity index (χ3n) is 5.49. The summed E-state index contributed by atoms with van der Waals surface area (Å²) < 4.78 is 26.5. The van der Waals surface area contributed by atoms with Crippen molar-refractivity contribution in [3.05, 3.63) is 57.7 Å². The largest absolute Gasteiger partial charge is 0.495 e. The van der Waals surface area contributed by atoms with Crippen molar-refractivity contribution in [3.8, 4) is 17.3 Å². The number of rotatable bonds is 3. The number of halogens is 3. The maximum Gasteiger partial charge on any atom is 0.256 e. The highest BCUT2D eigenvalue weighted by atomic mass is 35.5. The first-order valence-electron chi connectivity index (χ1n) is 9.47. The standard InChI is InChI=1S/C20H16Cl2FN5O3/c1-30-11-2-5-14(24-6-11)18-25-26-19-15-9-31-8-10(7-27(18)19)28(15)20(29)12-3-4-13(23)17(22)16(12)21/h2-6,10,15H,7-9H2,1H3. The molecule has 0 saturated carbocycles. The van der Waals surface area contributed by atoms with Gasteiger partial charge in [-0.1, -0.05) is 23.2 Å². The lowest BCUT2D eigenvalue weighted by molar-refractivity contribution is -0.0569. The molecule has 160 valence electrons. The molecule has 8 nitrogen and oxygen atoms in total. The molecular formula is C20H16Cl2FN5O3. The van der Waals surface area contributed by atoms with E-state index in [0.29, 0.717) is 36.2 Å². The van der Waals surface area contributed by atoms with Gasteiger partial charge in [0.05, 0.1) is 48.2 Å². The molecule has 2 aromatic heterocycles. The summed E-state index contributed by atoms with van der Waals surface area (Å²) in [6.07, 6.45) is 1.61. The van der Waals surface area contributed by atoms with Crippen LogP contribution in [0, 0.1) is 5.82 Å². The third kappa shape index (κ3) is 3.24. The molecule has 1 saturated heterocycles. The minimum Gasteiger partial charge on any atom is -0.495 e. The number of carbonyl (C=O) groups is 1. The average Bonchev–Trinajstić information content (AvgIpc) is 3.20. The molecule has 1 aromatic carbocycles. The van der Waals surface area contributed by atoms with Gasteiger partial charge >= 0.3 is 0 Å². The van der Waals surface area contributed by atoms with Crippen molar-refractivity contribution < 1.29 is 18.7 Å². The summed E-state index contributed by atoms with van der Waals surface area (Å²) in [6, 6.07) is 5.32. The third-order valence-corrected chi connectivity index (χ3v) is 6.35. The number of aromatic nitrogens is 4. The highest BCUT2D eigenvalue weighted by molar-refractivity contribution is 6.44. The minimum absolute atomic E-state index is 0.110. The van der Waals surface area contributed by atoms with Crippen LogP contribution in [0.4, 0.5) is 4.39 Å². The molecule has 5 rings (SSSR count). The van der Waals surface area contributed by atoms with Gasteiger partial charge in [-0.05, 0) is 24.3 Å². The Hall–Kier alpha value is -2.75. The van der Waals surface area contributed by atoms with E-state index in [4.69, 9.17) is 32.7 Å². The van der Waals surface area contributed by atoms with E-state index in [1.54, 1.807) is 30.3 Å². The van der Waals surface area contributed by atoms with E-state index >= 15 is 0 Å². The first kappa shape index (κ1) is 20.2. The first-order valence-corrected chi connectivity index (χ1v) is 10.2. The molecule has 2 bridgehead atoms. The number of ether oxygens (including phenoxy) is 2. The van der Waals surface area contributed by atoms with Gasteiger partial charge < -0.3 is 18.9 Å². The second-order valence-electron chi connectivity index (χ2n) is 7.22. The van der Waals surface area contributed by atoms with Crippen molar-refractivity contribution in [2.75, 3.05) is 20.3 Å². The number of amides is 1. The van der Waals surface area contributed by atoms with Gasteiger partial charge in [-0.2, -0.15) is 0 Å². The second-order valence-corrected chi connectivity index (χ2v) is 7.97. The zero-order chi connectivity index (χ0) is 21.7. The highest BCUT2D eigenvalue weighted by Gasteiger charge is 2.44. The zero-order valence-electron chi connectivity index (χ0n) is 16.3. The Morgan fingerprint density at radius 2 is 2.03 bits per heavy atom. The molecule has 0 aliphatic carbocycles. The lowest BCUT2D eigenvalue weighted by Gasteiger charge is -2.45. The number of morpholine rings is 1. The summed E-state index contributed by atoms with van der Waals surface area (Å²) in [7, 11) is 1.57. The number of carbonyl (C=O) groups excluding carboxylic acids is 1. The van der Waals surface area contributed by atoms with Crippen molar-refractivity contribution in [1.29, 1.82) is 0 Å². The van der Waals surface area contributed by atoms with E-state index in [2.05, 4.69) is 15.2 Å². The fourth-order valence-electron chi connectivity index (χ4n) is 3.98. The van der Waals surface area contributed by atoms with Gasteiger partial charge in [0.2, 0.25) is 0 Å². The summed E-state index contributed by atoms with van der Waals surface area (Å²) in [4.78, 5) is 19.4. The molecule has 0 N–H and O–H groups in total. The number of pyridine rings is 1. The number of benzene rings is 1. The Morgan fingerprint density at radius 1 is 1.19 bits per heavy atom.